The Bertz CT molecular complexity index is 738. The molecular formula is C19H26N4O2S. The van der Waals surface area contributed by atoms with Crippen LogP contribution in [0.3, 0.4) is 0 Å². The molecule has 7 heteroatoms. The van der Waals surface area contributed by atoms with Gasteiger partial charge < -0.3 is 9.42 Å². The second-order valence-corrected chi connectivity index (χ2v) is 7.92. The van der Waals surface area contributed by atoms with Crippen LogP contribution in [0, 0.1) is 6.92 Å². The fourth-order valence-corrected chi connectivity index (χ4v) is 3.42. The molecule has 0 aliphatic carbocycles. The summed E-state index contributed by atoms with van der Waals surface area (Å²) in [6.45, 7) is 9.21. The van der Waals surface area contributed by atoms with Crippen molar-refractivity contribution in [3.05, 3.63) is 35.7 Å². The molecular weight excluding hydrogens is 348 g/mol. The number of aryl methyl sites for hydroxylation is 1. The van der Waals surface area contributed by atoms with Crippen LogP contribution in [0.5, 0.6) is 0 Å². The standard InChI is InChI=1S/C19H26N4O2S/c1-13-5-7-16(8-6-13)17-20-18(25-21-17)14(2)22-9-11-23(12-10-22)19(24)15(3)26-4/h5-8,14-15H,9-12H2,1-4H3. The van der Waals surface area contributed by atoms with Crippen LogP contribution in [0.25, 0.3) is 11.4 Å². The van der Waals surface area contributed by atoms with Crippen LogP contribution >= 0.6 is 11.8 Å². The Morgan fingerprint density at radius 3 is 2.42 bits per heavy atom. The molecule has 1 aromatic heterocycles. The molecule has 1 aliphatic rings. The molecule has 1 amide bonds. The van der Waals surface area contributed by atoms with Crippen LogP contribution < -0.4 is 0 Å². The molecule has 0 spiro atoms. The minimum atomic E-state index is 0.0204. The second kappa shape index (κ2) is 8.22. The van der Waals surface area contributed by atoms with Crippen molar-refractivity contribution in [3.63, 3.8) is 0 Å². The number of carbonyl (C=O) groups excluding carboxylic acids is 1. The van der Waals surface area contributed by atoms with E-state index in [9.17, 15) is 4.79 Å². The Labute approximate surface area is 158 Å². The molecule has 1 saturated heterocycles. The van der Waals surface area contributed by atoms with Crippen LogP contribution in [-0.2, 0) is 4.79 Å². The molecule has 1 aliphatic heterocycles. The molecule has 2 unspecified atom stereocenters. The Morgan fingerprint density at radius 1 is 1.15 bits per heavy atom. The second-order valence-electron chi connectivity index (χ2n) is 6.74. The van der Waals surface area contributed by atoms with Crippen molar-refractivity contribution in [2.45, 2.75) is 32.1 Å². The molecule has 1 aromatic carbocycles. The molecule has 0 saturated carbocycles. The van der Waals surface area contributed by atoms with E-state index in [1.165, 1.54) is 5.56 Å². The lowest BCUT2D eigenvalue weighted by atomic mass is 10.1. The minimum Gasteiger partial charge on any atom is -0.339 e. The monoisotopic (exact) mass is 374 g/mol. The number of aromatic nitrogens is 2. The van der Waals surface area contributed by atoms with E-state index < -0.39 is 0 Å². The van der Waals surface area contributed by atoms with Crippen LogP contribution in [0.15, 0.2) is 28.8 Å². The van der Waals surface area contributed by atoms with Gasteiger partial charge in [0.1, 0.15) is 0 Å². The number of rotatable bonds is 5. The number of carbonyl (C=O) groups is 1. The smallest absolute Gasteiger partial charge is 0.244 e. The molecule has 140 valence electrons. The predicted octanol–water partition coefficient (Wildman–Crippen LogP) is 3.00. The average molecular weight is 375 g/mol. The highest BCUT2D eigenvalue weighted by molar-refractivity contribution is 7.99. The van der Waals surface area contributed by atoms with Gasteiger partial charge in [-0.05, 0) is 27.0 Å². The maximum Gasteiger partial charge on any atom is 0.244 e. The molecule has 6 nitrogen and oxygen atoms in total. The van der Waals surface area contributed by atoms with Gasteiger partial charge in [-0.1, -0.05) is 35.0 Å². The molecule has 1 fully saturated rings. The normalized spacial score (nSPS) is 17.9. The first-order valence-electron chi connectivity index (χ1n) is 8.96. The molecule has 26 heavy (non-hydrogen) atoms. The number of hydrogen-bond donors (Lipinski definition) is 0. The molecule has 2 heterocycles. The highest BCUT2D eigenvalue weighted by Gasteiger charge is 2.29. The van der Waals surface area contributed by atoms with Gasteiger partial charge in [-0.25, -0.2) is 0 Å². The highest BCUT2D eigenvalue weighted by atomic mass is 32.2. The zero-order valence-corrected chi connectivity index (χ0v) is 16.6. The van der Waals surface area contributed by atoms with Crippen molar-refractivity contribution in [1.82, 2.24) is 19.9 Å². The fraction of sp³-hybridized carbons (Fsp3) is 0.526. The van der Waals surface area contributed by atoms with Gasteiger partial charge in [0.05, 0.1) is 11.3 Å². The maximum absolute atomic E-state index is 12.3. The van der Waals surface area contributed by atoms with E-state index in [0.717, 1.165) is 31.7 Å². The number of piperazine rings is 1. The van der Waals surface area contributed by atoms with Crippen LogP contribution in [-0.4, -0.2) is 63.5 Å². The highest BCUT2D eigenvalue weighted by Crippen LogP contribution is 2.24. The molecule has 3 rings (SSSR count). The van der Waals surface area contributed by atoms with E-state index in [-0.39, 0.29) is 17.2 Å². The van der Waals surface area contributed by atoms with Crippen LogP contribution in [0.1, 0.15) is 31.3 Å². The van der Waals surface area contributed by atoms with Crippen molar-refractivity contribution >= 4 is 17.7 Å². The number of thioether (sulfide) groups is 1. The maximum atomic E-state index is 12.3. The summed E-state index contributed by atoms with van der Waals surface area (Å²) in [6.07, 6.45) is 1.97. The summed E-state index contributed by atoms with van der Waals surface area (Å²) in [5.74, 6) is 1.47. The van der Waals surface area contributed by atoms with Crippen molar-refractivity contribution < 1.29 is 9.32 Å². The van der Waals surface area contributed by atoms with Crippen molar-refractivity contribution in [2.75, 3.05) is 32.4 Å². The third-order valence-corrected chi connectivity index (χ3v) is 5.89. The molecule has 0 N–H and O–H groups in total. The number of amides is 1. The molecule has 0 radical (unpaired) electrons. The van der Waals surface area contributed by atoms with E-state index in [1.54, 1.807) is 11.8 Å². The summed E-state index contributed by atoms with van der Waals surface area (Å²) < 4.78 is 5.51. The Balaban J connectivity index is 1.61. The summed E-state index contributed by atoms with van der Waals surface area (Å²) in [5, 5.41) is 4.15. The third kappa shape index (κ3) is 4.10. The fourth-order valence-electron chi connectivity index (χ4n) is 3.07. The van der Waals surface area contributed by atoms with Gasteiger partial charge in [0.2, 0.25) is 17.6 Å². The van der Waals surface area contributed by atoms with Gasteiger partial charge >= 0.3 is 0 Å². The third-order valence-electron chi connectivity index (χ3n) is 4.98. The SMILES string of the molecule is CSC(C)C(=O)N1CCN(C(C)c2nc(-c3ccc(C)cc3)no2)CC1. The number of benzene rings is 1. The Morgan fingerprint density at radius 2 is 1.81 bits per heavy atom. The number of nitrogens with zero attached hydrogens (tertiary/aromatic N) is 4. The Hall–Kier alpha value is -1.86. The summed E-state index contributed by atoms with van der Waals surface area (Å²) in [7, 11) is 0. The summed E-state index contributed by atoms with van der Waals surface area (Å²) >= 11 is 1.59. The first kappa shape index (κ1) is 18.9. The number of hydrogen-bond acceptors (Lipinski definition) is 6. The minimum absolute atomic E-state index is 0.0204. The molecule has 0 bridgehead atoms. The quantitative estimate of drug-likeness (QED) is 0.802. The van der Waals surface area contributed by atoms with Crippen molar-refractivity contribution in [3.8, 4) is 11.4 Å². The Kier molecular flexibility index (Phi) is 5.98. The zero-order valence-electron chi connectivity index (χ0n) is 15.8. The van der Waals surface area contributed by atoms with Crippen molar-refractivity contribution in [1.29, 1.82) is 0 Å². The lowest BCUT2D eigenvalue weighted by Crippen LogP contribution is -2.51. The summed E-state index contributed by atoms with van der Waals surface area (Å²) in [5.41, 5.74) is 2.16. The largest absolute Gasteiger partial charge is 0.339 e. The first-order valence-corrected chi connectivity index (χ1v) is 10.2. The van der Waals surface area contributed by atoms with Crippen LogP contribution in [0.4, 0.5) is 0 Å². The molecule has 2 atom stereocenters. The average Bonchev–Trinajstić information content (AvgIpc) is 3.17. The van der Waals surface area contributed by atoms with E-state index in [4.69, 9.17) is 4.52 Å². The lowest BCUT2D eigenvalue weighted by molar-refractivity contribution is -0.132. The lowest BCUT2D eigenvalue weighted by Gasteiger charge is -2.37. The molecule has 2 aromatic rings. The van der Waals surface area contributed by atoms with Gasteiger partial charge in [-0.2, -0.15) is 16.7 Å². The van der Waals surface area contributed by atoms with Gasteiger partial charge in [0.15, 0.2) is 0 Å². The van der Waals surface area contributed by atoms with Crippen molar-refractivity contribution in [2.24, 2.45) is 0 Å². The van der Waals surface area contributed by atoms with Gasteiger partial charge in [0, 0.05) is 31.7 Å². The summed E-state index contributed by atoms with van der Waals surface area (Å²) in [6, 6.07) is 8.14. The van der Waals surface area contributed by atoms with E-state index in [1.807, 2.05) is 42.3 Å². The van der Waals surface area contributed by atoms with Gasteiger partial charge in [-0.3, -0.25) is 9.69 Å². The van der Waals surface area contributed by atoms with E-state index >= 15 is 0 Å². The first-order chi connectivity index (χ1) is 12.5. The van der Waals surface area contributed by atoms with Crippen LogP contribution in [0.2, 0.25) is 0 Å². The van der Waals surface area contributed by atoms with E-state index in [0.29, 0.717) is 11.7 Å². The predicted molar refractivity (Wildman–Crippen MR) is 104 cm³/mol. The zero-order chi connectivity index (χ0) is 18.7. The summed E-state index contributed by atoms with van der Waals surface area (Å²) in [4.78, 5) is 21.1. The van der Waals surface area contributed by atoms with Gasteiger partial charge in [-0.15, -0.1) is 0 Å². The van der Waals surface area contributed by atoms with E-state index in [2.05, 4.69) is 28.9 Å². The van der Waals surface area contributed by atoms with Gasteiger partial charge in [0.25, 0.3) is 0 Å². The topological polar surface area (TPSA) is 62.5 Å².